The van der Waals surface area contributed by atoms with Gasteiger partial charge in [-0.05, 0) is 23.5 Å². The van der Waals surface area contributed by atoms with Crippen molar-refractivity contribution in [2.24, 2.45) is 0 Å². The number of para-hydroxylation sites is 1. The smallest absolute Gasteiger partial charge is 0.249 e. The summed E-state index contributed by atoms with van der Waals surface area (Å²) in [5, 5.41) is 14.5. The summed E-state index contributed by atoms with van der Waals surface area (Å²) < 4.78 is 0. The minimum Gasteiger partial charge on any atom is -0.369 e. The molecule has 0 spiro atoms. The highest BCUT2D eigenvalue weighted by atomic mass is 15.3. The number of aromatic nitrogens is 3. The van der Waals surface area contributed by atoms with Crippen molar-refractivity contribution < 1.29 is 0 Å². The lowest BCUT2D eigenvalue weighted by molar-refractivity contribution is 0.592. The summed E-state index contributed by atoms with van der Waals surface area (Å²) in [6.45, 7) is 9.54. The van der Waals surface area contributed by atoms with Crippen LogP contribution in [0.4, 0.5) is 17.5 Å². The van der Waals surface area contributed by atoms with Gasteiger partial charge in [-0.15, -0.1) is 5.10 Å². The molecule has 0 saturated carbocycles. The quantitative estimate of drug-likeness (QED) is 0.876. The van der Waals surface area contributed by atoms with E-state index in [1.54, 1.807) is 6.20 Å². The Hall–Kier alpha value is -2.17. The van der Waals surface area contributed by atoms with Gasteiger partial charge in [0.05, 0.1) is 6.20 Å². The van der Waals surface area contributed by atoms with Crippen molar-refractivity contribution in [1.82, 2.24) is 15.2 Å². The van der Waals surface area contributed by atoms with Crippen LogP contribution in [0.25, 0.3) is 0 Å². The zero-order valence-corrected chi connectivity index (χ0v) is 13.1. The Balaban J connectivity index is 2.23. The van der Waals surface area contributed by atoms with Crippen molar-refractivity contribution in [3.8, 4) is 0 Å². The first-order valence-corrected chi connectivity index (χ1v) is 7.31. The Bertz CT molecular complexity index is 589. The summed E-state index contributed by atoms with van der Waals surface area (Å²) in [7, 11) is 0. The SMILES string of the molecule is CCCNc1cnnc(Nc2ccccc2C(C)(C)C)n1. The molecule has 1 aromatic heterocycles. The van der Waals surface area contributed by atoms with Crippen LogP contribution in [-0.2, 0) is 5.41 Å². The molecule has 0 radical (unpaired) electrons. The van der Waals surface area contributed by atoms with Gasteiger partial charge in [0.2, 0.25) is 5.95 Å². The molecule has 2 rings (SSSR count). The summed E-state index contributed by atoms with van der Waals surface area (Å²) in [6, 6.07) is 8.21. The molecule has 1 heterocycles. The van der Waals surface area contributed by atoms with E-state index in [0.717, 1.165) is 24.5 Å². The summed E-state index contributed by atoms with van der Waals surface area (Å²) in [5.41, 5.74) is 2.29. The van der Waals surface area contributed by atoms with E-state index in [4.69, 9.17) is 0 Å². The van der Waals surface area contributed by atoms with Gasteiger partial charge in [-0.25, -0.2) is 0 Å². The van der Waals surface area contributed by atoms with Crippen molar-refractivity contribution in [2.45, 2.75) is 39.5 Å². The minimum absolute atomic E-state index is 0.0507. The van der Waals surface area contributed by atoms with Crippen molar-refractivity contribution in [3.05, 3.63) is 36.0 Å². The number of hydrogen-bond donors (Lipinski definition) is 2. The average Bonchev–Trinajstić information content (AvgIpc) is 2.45. The third-order valence-corrected chi connectivity index (χ3v) is 3.10. The van der Waals surface area contributed by atoms with E-state index in [2.05, 4.69) is 59.6 Å². The number of benzene rings is 1. The molecule has 21 heavy (non-hydrogen) atoms. The van der Waals surface area contributed by atoms with Crippen LogP contribution in [0.2, 0.25) is 0 Å². The fourth-order valence-corrected chi connectivity index (χ4v) is 2.06. The Morgan fingerprint density at radius 3 is 2.62 bits per heavy atom. The molecule has 0 amide bonds. The molecule has 0 saturated heterocycles. The first-order valence-electron chi connectivity index (χ1n) is 7.31. The maximum absolute atomic E-state index is 4.43. The summed E-state index contributed by atoms with van der Waals surface area (Å²) in [5.74, 6) is 1.25. The first-order chi connectivity index (χ1) is 10.0. The van der Waals surface area contributed by atoms with Gasteiger partial charge >= 0.3 is 0 Å². The number of nitrogens with one attached hydrogen (secondary N) is 2. The van der Waals surface area contributed by atoms with E-state index in [9.17, 15) is 0 Å². The van der Waals surface area contributed by atoms with Gasteiger partial charge in [-0.3, -0.25) is 0 Å². The van der Waals surface area contributed by atoms with Crippen LogP contribution in [0.3, 0.4) is 0 Å². The highest BCUT2D eigenvalue weighted by Gasteiger charge is 2.17. The van der Waals surface area contributed by atoms with Crippen molar-refractivity contribution in [1.29, 1.82) is 0 Å². The summed E-state index contributed by atoms with van der Waals surface area (Å²) >= 11 is 0. The predicted octanol–water partition coefficient (Wildman–Crippen LogP) is 3.73. The predicted molar refractivity (Wildman–Crippen MR) is 87.0 cm³/mol. The zero-order valence-electron chi connectivity index (χ0n) is 13.1. The van der Waals surface area contributed by atoms with Gasteiger partial charge < -0.3 is 10.6 Å². The molecular formula is C16H23N5. The van der Waals surface area contributed by atoms with E-state index in [0.29, 0.717) is 5.95 Å². The van der Waals surface area contributed by atoms with E-state index in [1.807, 2.05) is 18.2 Å². The molecule has 0 aliphatic carbocycles. The van der Waals surface area contributed by atoms with E-state index in [-0.39, 0.29) is 5.41 Å². The van der Waals surface area contributed by atoms with Crippen LogP contribution in [0.1, 0.15) is 39.7 Å². The van der Waals surface area contributed by atoms with Crippen molar-refractivity contribution in [2.75, 3.05) is 17.2 Å². The molecular weight excluding hydrogens is 262 g/mol. The number of nitrogens with zero attached hydrogens (tertiary/aromatic N) is 3. The lowest BCUT2D eigenvalue weighted by Crippen LogP contribution is -2.14. The largest absolute Gasteiger partial charge is 0.369 e. The third-order valence-electron chi connectivity index (χ3n) is 3.10. The molecule has 0 bridgehead atoms. The van der Waals surface area contributed by atoms with Gasteiger partial charge in [0.15, 0.2) is 5.82 Å². The molecule has 0 fully saturated rings. The molecule has 112 valence electrons. The Morgan fingerprint density at radius 2 is 1.90 bits per heavy atom. The van der Waals surface area contributed by atoms with Crippen molar-refractivity contribution >= 4 is 17.5 Å². The van der Waals surface area contributed by atoms with Crippen LogP contribution in [0.15, 0.2) is 30.5 Å². The highest BCUT2D eigenvalue weighted by molar-refractivity contribution is 5.60. The second-order valence-corrected chi connectivity index (χ2v) is 6.01. The monoisotopic (exact) mass is 285 g/mol. The lowest BCUT2D eigenvalue weighted by atomic mass is 9.86. The molecule has 2 aromatic rings. The Labute approximate surface area is 126 Å². The third kappa shape index (κ3) is 4.15. The van der Waals surface area contributed by atoms with Gasteiger partial charge in [0.25, 0.3) is 0 Å². The standard InChI is InChI=1S/C16H23N5/c1-5-10-17-14-11-18-21-15(20-14)19-13-9-7-6-8-12(13)16(2,3)4/h6-9,11H,5,10H2,1-4H3,(H2,17,19,20,21). The maximum Gasteiger partial charge on any atom is 0.249 e. The molecule has 0 aliphatic rings. The van der Waals surface area contributed by atoms with Gasteiger partial charge in [-0.1, -0.05) is 45.9 Å². The molecule has 0 unspecified atom stereocenters. The van der Waals surface area contributed by atoms with E-state index >= 15 is 0 Å². The normalized spacial score (nSPS) is 11.2. The Kier molecular flexibility index (Phi) is 4.73. The van der Waals surface area contributed by atoms with Gasteiger partial charge in [0.1, 0.15) is 0 Å². The Morgan fingerprint density at radius 1 is 1.14 bits per heavy atom. The van der Waals surface area contributed by atoms with Gasteiger partial charge in [-0.2, -0.15) is 10.1 Å². The number of anilines is 3. The second-order valence-electron chi connectivity index (χ2n) is 6.01. The molecule has 2 N–H and O–H groups in total. The van der Waals surface area contributed by atoms with E-state index < -0.39 is 0 Å². The first kappa shape index (κ1) is 15.2. The topological polar surface area (TPSA) is 62.7 Å². The van der Waals surface area contributed by atoms with Crippen LogP contribution < -0.4 is 10.6 Å². The fraction of sp³-hybridized carbons (Fsp3) is 0.438. The zero-order chi connectivity index (χ0) is 15.3. The maximum atomic E-state index is 4.43. The molecule has 5 heteroatoms. The molecule has 0 atom stereocenters. The summed E-state index contributed by atoms with van der Waals surface area (Å²) in [6.07, 6.45) is 2.68. The lowest BCUT2D eigenvalue weighted by Gasteiger charge is -2.22. The second kappa shape index (κ2) is 6.52. The minimum atomic E-state index is 0.0507. The molecule has 5 nitrogen and oxygen atoms in total. The van der Waals surface area contributed by atoms with Crippen LogP contribution in [-0.4, -0.2) is 21.7 Å². The van der Waals surface area contributed by atoms with Crippen LogP contribution in [0, 0.1) is 0 Å². The fourth-order valence-electron chi connectivity index (χ4n) is 2.06. The number of rotatable bonds is 5. The van der Waals surface area contributed by atoms with Gasteiger partial charge in [0, 0.05) is 12.2 Å². The summed E-state index contributed by atoms with van der Waals surface area (Å²) in [4.78, 5) is 4.43. The highest BCUT2D eigenvalue weighted by Crippen LogP contribution is 2.30. The van der Waals surface area contributed by atoms with Crippen molar-refractivity contribution in [3.63, 3.8) is 0 Å². The average molecular weight is 285 g/mol. The van der Waals surface area contributed by atoms with Crippen LogP contribution >= 0.6 is 0 Å². The van der Waals surface area contributed by atoms with Crippen LogP contribution in [0.5, 0.6) is 0 Å². The van der Waals surface area contributed by atoms with E-state index in [1.165, 1.54) is 5.56 Å². The number of hydrogen-bond acceptors (Lipinski definition) is 5. The molecule has 0 aliphatic heterocycles. The molecule has 1 aromatic carbocycles.